The van der Waals surface area contributed by atoms with Gasteiger partial charge in [0.25, 0.3) is 0 Å². The van der Waals surface area contributed by atoms with Crippen molar-refractivity contribution in [2.75, 3.05) is 0 Å². The summed E-state index contributed by atoms with van der Waals surface area (Å²) in [6.07, 6.45) is 4.86. The minimum atomic E-state index is -0.173. The molecule has 3 N–H and O–H groups in total. The molecule has 2 unspecified atom stereocenters. The molecule has 17 heavy (non-hydrogen) atoms. The molecule has 0 aliphatic heterocycles. The number of aromatic amines is 1. The maximum atomic E-state index is 11.5. The lowest BCUT2D eigenvalue weighted by atomic mass is 9.87. The molecule has 1 aromatic carbocycles. The van der Waals surface area contributed by atoms with Crippen molar-refractivity contribution in [2.24, 2.45) is 11.7 Å². The molecule has 88 valence electrons. The molecule has 0 saturated heterocycles. The highest BCUT2D eigenvalue weighted by Crippen LogP contribution is 2.41. The van der Waals surface area contributed by atoms with E-state index in [0.29, 0.717) is 0 Å². The smallest absolute Gasteiger partial charge is 0.221 e. The Kier molecular flexibility index (Phi) is 2.35. The largest absolute Gasteiger partial charge is 0.369 e. The van der Waals surface area contributed by atoms with Crippen LogP contribution in [0.2, 0.25) is 0 Å². The molecule has 4 nitrogen and oxygen atoms in total. The summed E-state index contributed by atoms with van der Waals surface area (Å²) >= 11 is 0. The van der Waals surface area contributed by atoms with Gasteiger partial charge in [0.2, 0.25) is 5.91 Å². The van der Waals surface area contributed by atoms with Crippen molar-refractivity contribution < 1.29 is 4.79 Å². The number of hydrogen-bond donors (Lipinski definition) is 2. The number of benzene rings is 1. The number of fused-ring (bicyclic) bond motifs is 1. The van der Waals surface area contributed by atoms with E-state index < -0.39 is 0 Å². The molecule has 2 atom stereocenters. The maximum absolute atomic E-state index is 11.5. The van der Waals surface area contributed by atoms with E-state index in [1.165, 1.54) is 5.56 Å². The summed E-state index contributed by atoms with van der Waals surface area (Å²) < 4.78 is 0. The average Bonchev–Trinajstić information content (AvgIpc) is 2.97. The Morgan fingerprint density at radius 2 is 2.29 bits per heavy atom. The second-order valence-electron chi connectivity index (χ2n) is 4.72. The third-order valence-corrected chi connectivity index (χ3v) is 3.80. The van der Waals surface area contributed by atoms with Crippen LogP contribution in [0.15, 0.2) is 24.4 Å². The summed E-state index contributed by atoms with van der Waals surface area (Å²) in [5.41, 5.74) is 7.71. The molecule has 1 fully saturated rings. The Morgan fingerprint density at radius 1 is 1.41 bits per heavy atom. The lowest BCUT2D eigenvalue weighted by Gasteiger charge is -2.17. The van der Waals surface area contributed by atoms with Crippen LogP contribution in [-0.2, 0) is 4.79 Å². The molecule has 4 heteroatoms. The number of aromatic nitrogens is 2. The van der Waals surface area contributed by atoms with Crippen LogP contribution in [0.4, 0.5) is 0 Å². The van der Waals surface area contributed by atoms with Gasteiger partial charge in [0.1, 0.15) is 0 Å². The number of primary amides is 1. The van der Waals surface area contributed by atoms with Crippen molar-refractivity contribution in [3.8, 4) is 0 Å². The highest BCUT2D eigenvalue weighted by atomic mass is 16.1. The second kappa shape index (κ2) is 3.87. The number of rotatable bonds is 2. The fraction of sp³-hybridized carbons (Fsp3) is 0.385. The van der Waals surface area contributed by atoms with Crippen LogP contribution in [-0.4, -0.2) is 16.1 Å². The lowest BCUT2D eigenvalue weighted by Crippen LogP contribution is -2.25. The van der Waals surface area contributed by atoms with Crippen molar-refractivity contribution in [2.45, 2.75) is 25.2 Å². The van der Waals surface area contributed by atoms with Crippen molar-refractivity contribution in [1.29, 1.82) is 0 Å². The molecule has 1 amide bonds. The second-order valence-corrected chi connectivity index (χ2v) is 4.72. The van der Waals surface area contributed by atoms with E-state index in [1.807, 2.05) is 18.3 Å². The standard InChI is InChI=1S/C13H15N3O/c14-13(17)10-5-1-3-8(10)9-4-2-6-12-11(9)7-15-16-12/h2,4,6-8,10H,1,3,5H2,(H2,14,17)(H,15,16). The van der Waals surface area contributed by atoms with Gasteiger partial charge in [-0.3, -0.25) is 9.89 Å². The summed E-state index contributed by atoms with van der Waals surface area (Å²) in [4.78, 5) is 11.5. The van der Waals surface area contributed by atoms with Crippen LogP contribution in [0.3, 0.4) is 0 Å². The number of hydrogen-bond acceptors (Lipinski definition) is 2. The summed E-state index contributed by atoms with van der Waals surface area (Å²) in [5.74, 6) is 0.0669. The van der Waals surface area contributed by atoms with E-state index in [9.17, 15) is 4.79 Å². The number of nitrogens with two attached hydrogens (primary N) is 1. The van der Waals surface area contributed by atoms with Crippen LogP contribution in [0.5, 0.6) is 0 Å². The van der Waals surface area contributed by atoms with E-state index in [4.69, 9.17) is 5.73 Å². The van der Waals surface area contributed by atoms with Crippen LogP contribution in [0.25, 0.3) is 10.9 Å². The van der Waals surface area contributed by atoms with Gasteiger partial charge >= 0.3 is 0 Å². The molecule has 1 heterocycles. The molecular weight excluding hydrogens is 214 g/mol. The quantitative estimate of drug-likeness (QED) is 0.826. The lowest BCUT2D eigenvalue weighted by molar-refractivity contribution is -0.122. The van der Waals surface area contributed by atoms with Gasteiger partial charge in [-0.05, 0) is 30.4 Å². The Balaban J connectivity index is 2.08. The summed E-state index contributed by atoms with van der Waals surface area (Å²) in [6, 6.07) is 6.09. The van der Waals surface area contributed by atoms with Crippen molar-refractivity contribution >= 4 is 16.8 Å². The van der Waals surface area contributed by atoms with Gasteiger partial charge in [-0.25, -0.2) is 0 Å². The van der Waals surface area contributed by atoms with Crippen molar-refractivity contribution in [3.63, 3.8) is 0 Å². The minimum absolute atomic E-state index is 0.0181. The first-order valence-electron chi connectivity index (χ1n) is 5.98. The third kappa shape index (κ3) is 1.60. The Hall–Kier alpha value is -1.84. The predicted molar refractivity (Wildman–Crippen MR) is 65.4 cm³/mol. The van der Waals surface area contributed by atoms with E-state index >= 15 is 0 Å². The third-order valence-electron chi connectivity index (χ3n) is 3.80. The van der Waals surface area contributed by atoms with Crippen LogP contribution in [0.1, 0.15) is 30.7 Å². The number of nitrogens with one attached hydrogen (secondary N) is 1. The number of H-pyrrole nitrogens is 1. The van der Waals surface area contributed by atoms with Gasteiger partial charge in [0, 0.05) is 11.3 Å². The van der Waals surface area contributed by atoms with Gasteiger partial charge in [0.05, 0.1) is 11.7 Å². The molecule has 0 spiro atoms. The first kappa shape index (κ1) is 10.3. The highest BCUT2D eigenvalue weighted by Gasteiger charge is 2.33. The average molecular weight is 229 g/mol. The number of carbonyl (C=O) groups is 1. The van der Waals surface area contributed by atoms with Gasteiger partial charge in [-0.1, -0.05) is 18.6 Å². The highest BCUT2D eigenvalue weighted by molar-refractivity contribution is 5.84. The van der Waals surface area contributed by atoms with Crippen molar-refractivity contribution in [1.82, 2.24) is 10.2 Å². The van der Waals surface area contributed by atoms with E-state index in [-0.39, 0.29) is 17.7 Å². The number of amides is 1. The first-order chi connectivity index (χ1) is 8.27. The summed E-state index contributed by atoms with van der Waals surface area (Å²) in [5, 5.41) is 8.14. The van der Waals surface area contributed by atoms with Gasteiger partial charge in [0.15, 0.2) is 0 Å². The molecule has 0 radical (unpaired) electrons. The van der Waals surface area contributed by atoms with E-state index in [2.05, 4.69) is 16.3 Å². The number of carbonyl (C=O) groups excluding carboxylic acids is 1. The van der Waals surface area contributed by atoms with Gasteiger partial charge in [-0.2, -0.15) is 5.10 Å². The Labute approximate surface area is 99.2 Å². The molecule has 1 saturated carbocycles. The Morgan fingerprint density at radius 3 is 3.12 bits per heavy atom. The van der Waals surface area contributed by atoms with E-state index in [1.54, 1.807) is 0 Å². The summed E-state index contributed by atoms with van der Waals surface area (Å²) in [6.45, 7) is 0. The monoisotopic (exact) mass is 229 g/mol. The SMILES string of the molecule is NC(=O)C1CCCC1c1cccc2[nH]ncc12. The van der Waals surface area contributed by atoms with Gasteiger partial charge < -0.3 is 5.73 Å². The molecule has 2 aromatic rings. The topological polar surface area (TPSA) is 71.8 Å². The normalized spacial score (nSPS) is 24.2. The zero-order chi connectivity index (χ0) is 11.8. The van der Waals surface area contributed by atoms with E-state index in [0.717, 1.165) is 30.2 Å². The van der Waals surface area contributed by atoms with Crippen molar-refractivity contribution in [3.05, 3.63) is 30.0 Å². The molecular formula is C13H15N3O. The predicted octanol–water partition coefficient (Wildman–Crippen LogP) is 1.93. The molecule has 1 aliphatic carbocycles. The molecule has 1 aromatic heterocycles. The summed E-state index contributed by atoms with van der Waals surface area (Å²) in [7, 11) is 0. The fourth-order valence-corrected chi connectivity index (χ4v) is 2.99. The van der Waals surface area contributed by atoms with Crippen LogP contribution < -0.4 is 5.73 Å². The van der Waals surface area contributed by atoms with Gasteiger partial charge in [-0.15, -0.1) is 0 Å². The van der Waals surface area contributed by atoms with Crippen LogP contribution in [0, 0.1) is 5.92 Å². The minimum Gasteiger partial charge on any atom is -0.369 e. The fourth-order valence-electron chi connectivity index (χ4n) is 2.99. The number of nitrogens with zero attached hydrogens (tertiary/aromatic N) is 1. The molecule has 3 rings (SSSR count). The Bertz CT molecular complexity index is 561. The zero-order valence-electron chi connectivity index (χ0n) is 9.52. The zero-order valence-corrected chi connectivity index (χ0v) is 9.52. The first-order valence-corrected chi connectivity index (χ1v) is 5.98. The van der Waals surface area contributed by atoms with Crippen LogP contribution >= 0.6 is 0 Å². The molecule has 1 aliphatic rings. The maximum Gasteiger partial charge on any atom is 0.221 e. The molecule has 0 bridgehead atoms.